The number of fused-ring (bicyclic) bond motifs is 1. The zero-order valence-electron chi connectivity index (χ0n) is 14.5. The molecule has 0 aliphatic heterocycles. The van der Waals surface area contributed by atoms with Crippen molar-refractivity contribution in [2.24, 2.45) is 0 Å². The summed E-state index contributed by atoms with van der Waals surface area (Å²) < 4.78 is 67.9. The Hall–Kier alpha value is -3.63. The number of nitrogens with one attached hydrogen (secondary N) is 1. The van der Waals surface area contributed by atoms with Crippen LogP contribution in [-0.4, -0.2) is 30.4 Å². The first-order valence-electron chi connectivity index (χ1n) is 8.24. The molecule has 0 saturated carbocycles. The lowest BCUT2D eigenvalue weighted by Gasteiger charge is -2.08. The SMILES string of the molecule is Fc1ccc(Cn2nc(/C=C/c3nn[nH]n3)c3ccc(C(F)(F)F)cc32)c(F)c1. The van der Waals surface area contributed by atoms with Crippen LogP contribution < -0.4 is 0 Å². The molecule has 2 aromatic heterocycles. The van der Waals surface area contributed by atoms with Crippen molar-refractivity contribution < 1.29 is 22.0 Å². The van der Waals surface area contributed by atoms with Gasteiger partial charge in [0.1, 0.15) is 11.6 Å². The number of halogens is 5. The van der Waals surface area contributed by atoms with Gasteiger partial charge in [-0.25, -0.2) is 8.78 Å². The Labute approximate surface area is 159 Å². The van der Waals surface area contributed by atoms with Crippen LogP contribution in [0.15, 0.2) is 36.4 Å². The molecule has 0 aliphatic carbocycles. The molecule has 6 nitrogen and oxygen atoms in total. The van der Waals surface area contributed by atoms with Crippen molar-refractivity contribution in [2.45, 2.75) is 12.7 Å². The summed E-state index contributed by atoms with van der Waals surface area (Å²) in [5.41, 5.74) is -0.293. The van der Waals surface area contributed by atoms with Gasteiger partial charge in [-0.2, -0.15) is 23.5 Å². The molecule has 0 spiro atoms. The molecule has 0 unspecified atom stereocenters. The first kappa shape index (κ1) is 18.7. The summed E-state index contributed by atoms with van der Waals surface area (Å²) in [6.07, 6.45) is -1.56. The highest BCUT2D eigenvalue weighted by Gasteiger charge is 2.31. The number of H-pyrrole nitrogens is 1. The summed E-state index contributed by atoms with van der Waals surface area (Å²) in [6, 6.07) is 6.18. The van der Waals surface area contributed by atoms with E-state index in [4.69, 9.17) is 0 Å². The Kier molecular flexibility index (Phi) is 4.57. The summed E-state index contributed by atoms with van der Waals surface area (Å²) in [7, 11) is 0. The number of aromatic amines is 1. The molecule has 0 saturated heterocycles. The first-order valence-corrected chi connectivity index (χ1v) is 8.24. The lowest BCUT2D eigenvalue weighted by Crippen LogP contribution is -2.07. The summed E-state index contributed by atoms with van der Waals surface area (Å²) in [5, 5.41) is 17.9. The molecule has 0 radical (unpaired) electrons. The molecule has 0 bridgehead atoms. The van der Waals surface area contributed by atoms with E-state index >= 15 is 0 Å². The predicted molar refractivity (Wildman–Crippen MR) is 93.3 cm³/mol. The van der Waals surface area contributed by atoms with Gasteiger partial charge in [0.05, 0.1) is 23.3 Å². The third-order valence-electron chi connectivity index (χ3n) is 4.19. The zero-order chi connectivity index (χ0) is 20.6. The number of hydrogen-bond acceptors (Lipinski definition) is 4. The van der Waals surface area contributed by atoms with Crippen molar-refractivity contribution in [2.75, 3.05) is 0 Å². The standard InChI is InChI=1S/C18H11F5N6/c19-12-3-1-10(14(20)8-12)9-29-16-7-11(18(21,22)23)2-4-13(16)15(26-29)5-6-17-24-27-28-25-17/h1-8H,9H2,(H,24,25,27,28)/b6-5+. The average molecular weight is 406 g/mol. The van der Waals surface area contributed by atoms with Gasteiger partial charge in [-0.05, 0) is 41.6 Å². The maximum absolute atomic E-state index is 14.0. The number of benzene rings is 2. The molecule has 11 heteroatoms. The maximum Gasteiger partial charge on any atom is 0.416 e. The summed E-state index contributed by atoms with van der Waals surface area (Å²) in [4.78, 5) is 0. The van der Waals surface area contributed by atoms with Crippen molar-refractivity contribution >= 4 is 23.1 Å². The maximum atomic E-state index is 14.0. The first-order chi connectivity index (χ1) is 13.8. The summed E-state index contributed by atoms with van der Waals surface area (Å²) in [5.74, 6) is -1.31. The van der Waals surface area contributed by atoms with Crippen molar-refractivity contribution in [3.05, 3.63) is 70.7 Å². The van der Waals surface area contributed by atoms with Crippen molar-refractivity contribution in [1.29, 1.82) is 0 Å². The van der Waals surface area contributed by atoms with Crippen molar-refractivity contribution in [3.8, 4) is 0 Å². The van der Waals surface area contributed by atoms with Gasteiger partial charge in [0, 0.05) is 17.0 Å². The summed E-state index contributed by atoms with van der Waals surface area (Å²) >= 11 is 0. The number of tetrazole rings is 1. The zero-order valence-corrected chi connectivity index (χ0v) is 14.5. The molecule has 29 heavy (non-hydrogen) atoms. The quantitative estimate of drug-likeness (QED) is 0.519. The molecule has 0 aliphatic rings. The third kappa shape index (κ3) is 3.84. The normalized spacial score (nSPS) is 12.3. The van der Waals surface area contributed by atoms with Crippen LogP contribution in [0.5, 0.6) is 0 Å². The average Bonchev–Trinajstić information content (AvgIpc) is 3.29. The molecule has 0 fully saturated rings. The fourth-order valence-corrected chi connectivity index (χ4v) is 2.82. The second kappa shape index (κ2) is 7.08. The summed E-state index contributed by atoms with van der Waals surface area (Å²) in [6.45, 7) is -0.181. The largest absolute Gasteiger partial charge is 0.416 e. The number of nitrogens with zero attached hydrogens (tertiary/aromatic N) is 5. The highest BCUT2D eigenvalue weighted by atomic mass is 19.4. The van der Waals surface area contributed by atoms with E-state index in [1.807, 2.05) is 0 Å². The highest BCUT2D eigenvalue weighted by molar-refractivity contribution is 5.90. The highest BCUT2D eigenvalue weighted by Crippen LogP contribution is 2.33. The van der Waals surface area contributed by atoms with Gasteiger partial charge in [-0.1, -0.05) is 6.07 Å². The van der Waals surface area contributed by atoms with Crippen molar-refractivity contribution in [3.63, 3.8) is 0 Å². The molecular weight excluding hydrogens is 395 g/mol. The Morgan fingerprint density at radius 1 is 1.03 bits per heavy atom. The van der Waals surface area contributed by atoms with Gasteiger partial charge in [0.2, 0.25) is 0 Å². The van der Waals surface area contributed by atoms with E-state index in [0.29, 0.717) is 17.1 Å². The monoisotopic (exact) mass is 406 g/mol. The fraction of sp³-hybridized carbons (Fsp3) is 0.111. The van der Waals surface area contributed by atoms with Gasteiger partial charge in [0.15, 0.2) is 5.82 Å². The second-order valence-electron chi connectivity index (χ2n) is 6.11. The Bertz CT molecular complexity index is 1190. The molecule has 2 heterocycles. The number of hydrogen-bond donors (Lipinski definition) is 1. The van der Waals surface area contributed by atoms with E-state index in [1.54, 1.807) is 0 Å². The van der Waals surface area contributed by atoms with Gasteiger partial charge >= 0.3 is 6.18 Å². The number of alkyl halides is 3. The lowest BCUT2D eigenvalue weighted by atomic mass is 10.1. The Morgan fingerprint density at radius 2 is 1.86 bits per heavy atom. The van der Waals surface area contributed by atoms with Crippen LogP contribution in [0, 0.1) is 11.6 Å². The molecular formula is C18H11F5N6. The molecule has 4 aromatic rings. The predicted octanol–water partition coefficient (Wildman–Crippen LogP) is 4.07. The van der Waals surface area contributed by atoms with E-state index in [2.05, 4.69) is 25.7 Å². The van der Waals surface area contributed by atoms with Crippen LogP contribution in [-0.2, 0) is 12.7 Å². The Balaban J connectivity index is 1.82. The third-order valence-corrected chi connectivity index (χ3v) is 4.19. The van der Waals surface area contributed by atoms with E-state index in [-0.39, 0.29) is 23.4 Å². The minimum Gasteiger partial charge on any atom is -0.260 e. The molecule has 0 amide bonds. The van der Waals surface area contributed by atoms with Crippen LogP contribution in [0.25, 0.3) is 23.1 Å². The van der Waals surface area contributed by atoms with Crippen LogP contribution in [0.2, 0.25) is 0 Å². The van der Waals surface area contributed by atoms with E-state index < -0.39 is 23.4 Å². The van der Waals surface area contributed by atoms with Gasteiger partial charge in [-0.15, -0.1) is 10.2 Å². The number of aromatic nitrogens is 6. The van der Waals surface area contributed by atoms with Crippen LogP contribution >= 0.6 is 0 Å². The minimum absolute atomic E-state index is 0.0851. The topological polar surface area (TPSA) is 72.3 Å². The Morgan fingerprint density at radius 3 is 2.55 bits per heavy atom. The van der Waals surface area contributed by atoms with Crippen molar-refractivity contribution in [1.82, 2.24) is 30.4 Å². The van der Waals surface area contributed by atoms with Crippen LogP contribution in [0.1, 0.15) is 22.6 Å². The van der Waals surface area contributed by atoms with E-state index in [1.165, 1.54) is 29.0 Å². The van der Waals surface area contributed by atoms with E-state index in [0.717, 1.165) is 18.2 Å². The lowest BCUT2D eigenvalue weighted by molar-refractivity contribution is -0.137. The van der Waals surface area contributed by atoms with E-state index in [9.17, 15) is 22.0 Å². The van der Waals surface area contributed by atoms with Crippen LogP contribution in [0.3, 0.4) is 0 Å². The second-order valence-corrected chi connectivity index (χ2v) is 6.11. The molecule has 0 atom stereocenters. The number of rotatable bonds is 4. The van der Waals surface area contributed by atoms with Crippen LogP contribution in [0.4, 0.5) is 22.0 Å². The molecule has 148 valence electrons. The molecule has 2 aromatic carbocycles. The molecule has 4 rings (SSSR count). The van der Waals surface area contributed by atoms with Gasteiger partial charge in [0.25, 0.3) is 0 Å². The van der Waals surface area contributed by atoms with Gasteiger partial charge < -0.3 is 0 Å². The van der Waals surface area contributed by atoms with Gasteiger partial charge in [-0.3, -0.25) is 4.68 Å². The smallest absolute Gasteiger partial charge is 0.260 e. The fourth-order valence-electron chi connectivity index (χ4n) is 2.82. The minimum atomic E-state index is -4.55. The molecule has 1 N–H and O–H groups in total.